The maximum absolute atomic E-state index is 11.6. The van der Waals surface area contributed by atoms with Crippen molar-refractivity contribution in [3.8, 4) is 0 Å². The number of phosphoric ester groups is 1. The molecular weight excluding hydrogens is 253 g/mol. The molecule has 0 aromatic heterocycles. The van der Waals surface area contributed by atoms with Gasteiger partial charge in [-0.3, -0.25) is 4.52 Å². The average molecular weight is 274 g/mol. The first-order chi connectivity index (χ1) is 8.18. The van der Waals surface area contributed by atoms with E-state index in [2.05, 4.69) is 0 Å². The predicted octanol–water partition coefficient (Wildman–Crippen LogP) is 2.29. The molecule has 1 aromatic rings. The topological polar surface area (TPSA) is 55.8 Å². The van der Waals surface area contributed by atoms with Crippen LogP contribution in [0.2, 0.25) is 0 Å². The van der Waals surface area contributed by atoms with E-state index in [1.807, 2.05) is 52.3 Å². The van der Waals surface area contributed by atoms with Crippen LogP contribution in [0, 0.1) is 6.92 Å². The van der Waals surface area contributed by atoms with Crippen molar-refractivity contribution < 1.29 is 23.0 Å². The average Bonchev–Trinajstić information content (AvgIpc) is 2.25. The lowest BCUT2D eigenvalue weighted by Crippen LogP contribution is -2.36. The van der Waals surface area contributed by atoms with Crippen LogP contribution < -0.4 is 0 Å². The van der Waals surface area contributed by atoms with Gasteiger partial charge in [0, 0.05) is 0 Å². The van der Waals surface area contributed by atoms with Gasteiger partial charge < -0.3 is 9.38 Å². The molecule has 0 saturated carbocycles. The van der Waals surface area contributed by atoms with E-state index in [1.54, 1.807) is 0 Å². The summed E-state index contributed by atoms with van der Waals surface area (Å²) in [5, 5.41) is 0. The van der Waals surface area contributed by atoms with Crippen molar-refractivity contribution >= 4 is 7.82 Å². The molecule has 0 aliphatic rings. The summed E-state index contributed by atoms with van der Waals surface area (Å²) >= 11 is 0. The number of aryl methyl sites for hydroxylation is 1. The molecule has 0 spiro atoms. The minimum atomic E-state index is -3.98. The Morgan fingerprint density at radius 2 is 1.72 bits per heavy atom. The summed E-state index contributed by atoms with van der Waals surface area (Å²) in [6.07, 6.45) is 0. The van der Waals surface area contributed by atoms with Crippen molar-refractivity contribution in [1.29, 1.82) is 0 Å². The lowest BCUT2D eigenvalue weighted by molar-refractivity contribution is -0.887. The third-order valence-corrected chi connectivity index (χ3v) is 3.02. The van der Waals surface area contributed by atoms with Gasteiger partial charge in [-0.15, -0.1) is 0 Å². The largest absolute Gasteiger partial charge is 0.476 e. The van der Waals surface area contributed by atoms with Gasteiger partial charge in [-0.1, -0.05) is 29.8 Å². The minimum absolute atomic E-state index is 0.0607. The molecule has 1 rings (SSSR count). The number of quaternary nitrogens is 1. The molecule has 0 aliphatic carbocycles. The Balaban J connectivity index is 2.46. The Kier molecular flexibility index (Phi) is 5.08. The van der Waals surface area contributed by atoms with E-state index in [4.69, 9.17) is 9.05 Å². The van der Waals surface area contributed by atoms with Crippen LogP contribution in [0.15, 0.2) is 24.3 Å². The third-order valence-electron chi connectivity index (χ3n) is 2.12. The fraction of sp³-hybridized carbons (Fsp3) is 0.500. The Bertz CT molecular complexity index is 425. The molecule has 1 N–H and O–H groups in total. The van der Waals surface area contributed by atoms with Crippen molar-refractivity contribution in [1.82, 2.24) is 0 Å². The highest BCUT2D eigenvalue weighted by molar-refractivity contribution is 7.47. The van der Waals surface area contributed by atoms with E-state index in [9.17, 15) is 9.46 Å². The summed E-state index contributed by atoms with van der Waals surface area (Å²) < 4.78 is 21.9. The van der Waals surface area contributed by atoms with Crippen LogP contribution in [-0.2, 0) is 20.2 Å². The Labute approximate surface area is 108 Å². The van der Waals surface area contributed by atoms with Gasteiger partial charge in [0.2, 0.25) is 0 Å². The van der Waals surface area contributed by atoms with Crippen molar-refractivity contribution in [3.05, 3.63) is 35.4 Å². The number of benzene rings is 1. The summed E-state index contributed by atoms with van der Waals surface area (Å²) in [4.78, 5) is 9.49. The number of rotatable bonds is 6. The zero-order valence-corrected chi connectivity index (χ0v) is 12.2. The predicted molar refractivity (Wildman–Crippen MR) is 69.8 cm³/mol. The van der Waals surface area contributed by atoms with Gasteiger partial charge in [0.05, 0.1) is 27.7 Å². The van der Waals surface area contributed by atoms with Gasteiger partial charge in [0.25, 0.3) is 0 Å². The van der Waals surface area contributed by atoms with Crippen LogP contribution in [0.5, 0.6) is 0 Å². The van der Waals surface area contributed by atoms with E-state index in [-0.39, 0.29) is 13.3 Å². The van der Waals surface area contributed by atoms with Crippen molar-refractivity contribution in [2.75, 3.05) is 27.9 Å². The van der Waals surface area contributed by atoms with Crippen molar-refractivity contribution in [2.24, 2.45) is 0 Å². The van der Waals surface area contributed by atoms with Gasteiger partial charge in [-0.25, -0.2) is 9.09 Å². The highest BCUT2D eigenvalue weighted by Crippen LogP contribution is 2.44. The van der Waals surface area contributed by atoms with Crippen molar-refractivity contribution in [2.45, 2.75) is 13.5 Å². The molecule has 0 radical (unpaired) electrons. The molecule has 18 heavy (non-hydrogen) atoms. The van der Waals surface area contributed by atoms with E-state index in [0.717, 1.165) is 11.1 Å². The van der Waals surface area contributed by atoms with Crippen LogP contribution >= 0.6 is 7.82 Å². The zero-order chi connectivity index (χ0) is 13.8. The maximum atomic E-state index is 11.6. The fourth-order valence-corrected chi connectivity index (χ4v) is 2.00. The number of nitrogens with zero attached hydrogens (tertiary/aromatic N) is 1. The molecule has 0 aliphatic heterocycles. The summed E-state index contributed by atoms with van der Waals surface area (Å²) in [6, 6.07) is 7.56. The van der Waals surface area contributed by atoms with Gasteiger partial charge in [-0.2, -0.15) is 0 Å². The molecule has 5 nitrogen and oxygen atoms in total. The molecule has 1 aromatic carbocycles. The Morgan fingerprint density at radius 1 is 1.17 bits per heavy atom. The monoisotopic (exact) mass is 274 g/mol. The van der Waals surface area contributed by atoms with E-state index < -0.39 is 7.82 Å². The molecule has 1 atom stereocenters. The van der Waals surface area contributed by atoms with Crippen LogP contribution in [-0.4, -0.2) is 37.3 Å². The second-order valence-electron chi connectivity index (χ2n) is 5.28. The molecular formula is C12H21NO4P+. The summed E-state index contributed by atoms with van der Waals surface area (Å²) in [6.45, 7) is 2.15. The van der Waals surface area contributed by atoms with Gasteiger partial charge in [0.1, 0.15) is 0 Å². The molecule has 1 unspecified atom stereocenters. The van der Waals surface area contributed by atoms with E-state index in [0.29, 0.717) is 4.48 Å². The van der Waals surface area contributed by atoms with Crippen LogP contribution in [0.3, 0.4) is 0 Å². The summed E-state index contributed by atoms with van der Waals surface area (Å²) in [5.41, 5.74) is 1.97. The SMILES string of the molecule is Cc1ccc(COP(=O)(O)OC[N+](C)(C)C)cc1. The number of hydrogen-bond donors (Lipinski definition) is 1. The second-order valence-corrected chi connectivity index (χ2v) is 6.73. The Hall–Kier alpha value is -0.710. The first kappa shape index (κ1) is 15.3. The molecule has 0 saturated heterocycles. The highest BCUT2D eigenvalue weighted by atomic mass is 31.2. The van der Waals surface area contributed by atoms with Gasteiger partial charge in [-0.05, 0) is 12.5 Å². The van der Waals surface area contributed by atoms with Crippen LogP contribution in [0.1, 0.15) is 11.1 Å². The van der Waals surface area contributed by atoms with Crippen molar-refractivity contribution in [3.63, 3.8) is 0 Å². The lowest BCUT2D eigenvalue weighted by atomic mass is 10.2. The molecule has 0 heterocycles. The normalized spacial score (nSPS) is 15.4. The lowest BCUT2D eigenvalue weighted by Gasteiger charge is -2.24. The zero-order valence-electron chi connectivity index (χ0n) is 11.3. The second kappa shape index (κ2) is 5.95. The van der Waals surface area contributed by atoms with Crippen LogP contribution in [0.4, 0.5) is 0 Å². The first-order valence-electron chi connectivity index (χ1n) is 5.66. The molecule has 0 bridgehead atoms. The quantitative estimate of drug-likeness (QED) is 0.491. The van der Waals surface area contributed by atoms with Crippen LogP contribution in [0.25, 0.3) is 0 Å². The molecule has 102 valence electrons. The number of phosphoric acid groups is 1. The smallest absolute Gasteiger partial charge is 0.308 e. The standard InChI is InChI=1S/C12H20NO4P/c1-11-5-7-12(8-6-11)9-16-18(14,15)17-10-13(2,3)4/h5-8H,9-10H2,1-4H3/p+1. The first-order valence-corrected chi connectivity index (χ1v) is 7.15. The van der Waals surface area contributed by atoms with E-state index in [1.165, 1.54) is 0 Å². The van der Waals surface area contributed by atoms with Gasteiger partial charge >= 0.3 is 7.82 Å². The van der Waals surface area contributed by atoms with Gasteiger partial charge in [0.15, 0.2) is 6.73 Å². The van der Waals surface area contributed by atoms with E-state index >= 15 is 0 Å². The number of hydrogen-bond acceptors (Lipinski definition) is 3. The summed E-state index contributed by atoms with van der Waals surface area (Å²) in [5.74, 6) is 0. The maximum Gasteiger partial charge on any atom is 0.476 e. The molecule has 0 amide bonds. The minimum Gasteiger partial charge on any atom is -0.308 e. The highest BCUT2D eigenvalue weighted by Gasteiger charge is 2.24. The Morgan fingerprint density at radius 3 is 2.22 bits per heavy atom. The summed E-state index contributed by atoms with van der Waals surface area (Å²) in [7, 11) is 1.60. The molecule has 0 fully saturated rings. The fourth-order valence-electron chi connectivity index (χ4n) is 1.12. The third kappa shape index (κ3) is 6.28. The molecule has 6 heteroatoms.